The Morgan fingerprint density at radius 2 is 0.938 bits per heavy atom. The summed E-state index contributed by atoms with van der Waals surface area (Å²) >= 11 is 0. The molecule has 0 aromatic rings. The van der Waals surface area contributed by atoms with E-state index in [0.717, 1.165) is 0 Å². The lowest BCUT2D eigenvalue weighted by Gasteiger charge is -2.29. The number of nitrogens with zero attached hydrogens (tertiary/aromatic N) is 1. The van der Waals surface area contributed by atoms with Crippen LogP contribution in [0.15, 0.2) is 36.8 Å². The average Bonchev–Trinajstić information content (AvgIpc) is 2.27. The first-order chi connectivity index (χ1) is 7.53. The lowest BCUT2D eigenvalue weighted by atomic mass is 11.0. The SMILES string of the molecule is C=C[SiH]1O[SiH](C=C)O[SiH](C=C)O1.CN(C)C. The van der Waals surface area contributed by atoms with Crippen LogP contribution in [-0.2, 0) is 12.3 Å². The summed E-state index contributed by atoms with van der Waals surface area (Å²) in [6, 6.07) is 0. The fourth-order valence-electron chi connectivity index (χ4n) is 0.826. The second-order valence-electron chi connectivity index (χ2n) is 3.56. The highest BCUT2D eigenvalue weighted by Crippen LogP contribution is 2.09. The number of hydrogen-bond acceptors (Lipinski definition) is 4. The molecule has 0 aromatic carbocycles. The van der Waals surface area contributed by atoms with Gasteiger partial charge in [0.1, 0.15) is 0 Å². The van der Waals surface area contributed by atoms with Crippen molar-refractivity contribution in [3.05, 3.63) is 36.8 Å². The first-order valence-corrected chi connectivity index (χ1v) is 9.81. The van der Waals surface area contributed by atoms with Gasteiger partial charge in [0.15, 0.2) is 0 Å². The molecule has 0 N–H and O–H groups in total. The number of hydrogen-bond donors (Lipinski definition) is 0. The average molecular weight is 276 g/mol. The Morgan fingerprint density at radius 1 is 0.750 bits per heavy atom. The van der Waals surface area contributed by atoms with Gasteiger partial charge in [0.2, 0.25) is 0 Å². The van der Waals surface area contributed by atoms with E-state index in [1.165, 1.54) is 0 Å². The van der Waals surface area contributed by atoms with Gasteiger partial charge in [-0.15, -0.1) is 19.7 Å². The van der Waals surface area contributed by atoms with Crippen LogP contribution in [0.5, 0.6) is 0 Å². The Kier molecular flexibility index (Phi) is 8.66. The van der Waals surface area contributed by atoms with Crippen molar-refractivity contribution in [3.63, 3.8) is 0 Å². The minimum absolute atomic E-state index is 1.64. The van der Waals surface area contributed by atoms with Crippen molar-refractivity contribution in [3.8, 4) is 0 Å². The predicted molar refractivity (Wildman–Crippen MR) is 74.9 cm³/mol. The fourth-order valence-corrected chi connectivity index (χ4v) is 9.17. The maximum atomic E-state index is 5.50. The molecule has 0 amide bonds. The molecule has 4 nitrogen and oxygen atoms in total. The van der Waals surface area contributed by atoms with Gasteiger partial charge in [0.25, 0.3) is 0 Å². The molecule has 1 heterocycles. The molecule has 0 aromatic heterocycles. The van der Waals surface area contributed by atoms with Gasteiger partial charge in [0.05, 0.1) is 0 Å². The third-order valence-electron chi connectivity index (χ3n) is 1.38. The van der Waals surface area contributed by atoms with Crippen molar-refractivity contribution in [2.45, 2.75) is 0 Å². The summed E-state index contributed by atoms with van der Waals surface area (Å²) in [5.74, 6) is 0. The molecule has 1 saturated heterocycles. The second-order valence-corrected chi connectivity index (χ2v) is 10.5. The highest BCUT2D eigenvalue weighted by molar-refractivity contribution is 6.78. The normalized spacial score (nSPS) is 28.9. The maximum Gasteiger partial charge on any atom is 0.330 e. The van der Waals surface area contributed by atoms with Crippen molar-refractivity contribution in [2.24, 2.45) is 0 Å². The molecular weight excluding hydrogens is 254 g/mol. The van der Waals surface area contributed by atoms with E-state index in [1.54, 1.807) is 17.1 Å². The summed E-state index contributed by atoms with van der Waals surface area (Å²) in [6.07, 6.45) is 0. The third-order valence-corrected chi connectivity index (χ3v) is 8.97. The summed E-state index contributed by atoms with van der Waals surface area (Å²) in [5, 5.41) is 0. The van der Waals surface area contributed by atoms with Crippen molar-refractivity contribution in [2.75, 3.05) is 21.1 Å². The minimum Gasteiger partial charge on any atom is -0.414 e. The molecule has 0 spiro atoms. The van der Waals surface area contributed by atoms with E-state index >= 15 is 0 Å². The van der Waals surface area contributed by atoms with E-state index in [1.807, 2.05) is 26.0 Å². The molecule has 0 saturated carbocycles. The largest absolute Gasteiger partial charge is 0.414 e. The van der Waals surface area contributed by atoms with Crippen LogP contribution in [0.1, 0.15) is 0 Å². The first-order valence-electron chi connectivity index (χ1n) is 4.98. The van der Waals surface area contributed by atoms with Crippen LogP contribution < -0.4 is 0 Å². The van der Waals surface area contributed by atoms with E-state index in [0.29, 0.717) is 0 Å². The van der Waals surface area contributed by atoms with Crippen LogP contribution in [-0.4, -0.2) is 53.9 Å². The monoisotopic (exact) mass is 275 g/mol. The Balaban J connectivity index is 0.000000487. The minimum atomic E-state index is -1.64. The summed E-state index contributed by atoms with van der Waals surface area (Å²) in [5.41, 5.74) is 5.28. The van der Waals surface area contributed by atoms with Crippen LogP contribution in [0.4, 0.5) is 0 Å². The van der Waals surface area contributed by atoms with Crippen LogP contribution in [0, 0.1) is 0 Å². The summed E-state index contributed by atoms with van der Waals surface area (Å²) in [7, 11) is 1.09. The van der Waals surface area contributed by atoms with E-state index in [-0.39, 0.29) is 0 Å². The second kappa shape index (κ2) is 8.82. The highest BCUT2D eigenvalue weighted by atomic mass is 28.5. The third kappa shape index (κ3) is 7.06. The van der Waals surface area contributed by atoms with Crippen LogP contribution >= 0.6 is 0 Å². The van der Waals surface area contributed by atoms with E-state index in [4.69, 9.17) is 12.3 Å². The molecule has 0 bridgehead atoms. The molecule has 7 heteroatoms. The Bertz CT molecular complexity index is 196. The molecule has 1 fully saturated rings. The Hall–Kier alpha value is -0.289. The maximum absolute atomic E-state index is 5.50. The van der Waals surface area contributed by atoms with Gasteiger partial charge >= 0.3 is 27.9 Å². The molecular formula is C9H21NO3Si3. The molecule has 1 rings (SSSR count). The predicted octanol–water partition coefficient (Wildman–Crippen LogP) is 0.0647. The molecule has 0 unspecified atom stereocenters. The zero-order chi connectivity index (χ0) is 12.6. The first kappa shape index (κ1) is 15.7. The van der Waals surface area contributed by atoms with Gasteiger partial charge in [-0.1, -0.05) is 17.1 Å². The number of rotatable bonds is 3. The van der Waals surface area contributed by atoms with E-state index < -0.39 is 27.9 Å². The molecule has 0 aliphatic carbocycles. The van der Waals surface area contributed by atoms with Gasteiger partial charge in [-0.3, -0.25) is 0 Å². The summed E-state index contributed by atoms with van der Waals surface area (Å²) in [4.78, 5) is 2.00. The van der Waals surface area contributed by atoms with E-state index in [2.05, 4.69) is 19.7 Å². The molecule has 1 aliphatic heterocycles. The van der Waals surface area contributed by atoms with Gasteiger partial charge in [-0.25, -0.2) is 0 Å². The van der Waals surface area contributed by atoms with Crippen LogP contribution in [0.3, 0.4) is 0 Å². The van der Waals surface area contributed by atoms with Crippen LogP contribution in [0.25, 0.3) is 0 Å². The van der Waals surface area contributed by atoms with E-state index in [9.17, 15) is 0 Å². The van der Waals surface area contributed by atoms with Crippen molar-refractivity contribution in [1.29, 1.82) is 0 Å². The van der Waals surface area contributed by atoms with Gasteiger partial charge in [-0.05, 0) is 21.1 Å². The molecule has 1 aliphatic rings. The van der Waals surface area contributed by atoms with Gasteiger partial charge in [0, 0.05) is 0 Å². The highest BCUT2D eigenvalue weighted by Gasteiger charge is 2.29. The van der Waals surface area contributed by atoms with Crippen molar-refractivity contribution in [1.82, 2.24) is 4.90 Å². The van der Waals surface area contributed by atoms with Crippen LogP contribution in [0.2, 0.25) is 0 Å². The van der Waals surface area contributed by atoms with Gasteiger partial charge in [-0.2, -0.15) is 0 Å². The summed E-state index contributed by atoms with van der Waals surface area (Å²) < 4.78 is 16.5. The Labute approximate surface area is 103 Å². The van der Waals surface area contributed by atoms with Crippen molar-refractivity contribution < 1.29 is 12.3 Å². The Morgan fingerprint density at radius 3 is 1.06 bits per heavy atom. The zero-order valence-electron chi connectivity index (χ0n) is 10.3. The lowest BCUT2D eigenvalue weighted by molar-refractivity contribution is 0.306. The topological polar surface area (TPSA) is 30.9 Å². The zero-order valence-corrected chi connectivity index (χ0v) is 13.7. The fraction of sp³-hybridized carbons (Fsp3) is 0.333. The van der Waals surface area contributed by atoms with Gasteiger partial charge < -0.3 is 17.2 Å². The standard InChI is InChI=1S/C6H12O3Si3.C3H9N/c1-4-10-7-11(5-2)9-12(6-3)8-10;1-4(2)3/h4-6,10-12H,1-3H2;1-3H3. The lowest BCUT2D eigenvalue weighted by Crippen LogP contribution is -2.46. The van der Waals surface area contributed by atoms with Crippen molar-refractivity contribution >= 4 is 27.9 Å². The molecule has 16 heavy (non-hydrogen) atoms. The molecule has 92 valence electrons. The quantitative estimate of drug-likeness (QED) is 0.682. The smallest absolute Gasteiger partial charge is 0.330 e. The molecule has 0 atom stereocenters. The summed E-state index contributed by atoms with van der Waals surface area (Å²) in [6.45, 7) is 11.0. The molecule has 0 radical (unpaired) electrons.